The normalized spacial score (nSPS) is 16.6. The van der Waals surface area contributed by atoms with Gasteiger partial charge in [-0.1, -0.05) is 36.4 Å². The van der Waals surface area contributed by atoms with Crippen LogP contribution in [0.3, 0.4) is 0 Å². The first-order valence-corrected chi connectivity index (χ1v) is 8.86. The van der Waals surface area contributed by atoms with E-state index in [9.17, 15) is 9.59 Å². The number of aromatic nitrogens is 2. The Morgan fingerprint density at radius 3 is 2.78 bits per heavy atom. The van der Waals surface area contributed by atoms with Crippen LogP contribution in [-0.2, 0) is 11.3 Å². The smallest absolute Gasteiger partial charge is 0.410 e. The molecule has 138 valence electrons. The lowest BCUT2D eigenvalue weighted by Crippen LogP contribution is -2.29. The minimum atomic E-state index is -0.504. The van der Waals surface area contributed by atoms with E-state index in [1.807, 2.05) is 36.4 Å². The van der Waals surface area contributed by atoms with Crippen LogP contribution in [0.5, 0.6) is 0 Å². The summed E-state index contributed by atoms with van der Waals surface area (Å²) in [5.41, 5.74) is 8.12. The maximum atomic E-state index is 12.3. The molecular weight excluding hydrogens is 344 g/mol. The van der Waals surface area contributed by atoms with Gasteiger partial charge in [-0.3, -0.25) is 4.79 Å². The largest absolute Gasteiger partial charge is 0.445 e. The van der Waals surface area contributed by atoms with E-state index in [0.717, 1.165) is 23.3 Å². The molecule has 0 radical (unpaired) electrons. The summed E-state index contributed by atoms with van der Waals surface area (Å²) < 4.78 is 5.40. The zero-order valence-corrected chi connectivity index (χ0v) is 14.7. The van der Waals surface area contributed by atoms with Crippen molar-refractivity contribution in [1.82, 2.24) is 14.9 Å². The van der Waals surface area contributed by atoms with Gasteiger partial charge < -0.3 is 20.4 Å². The van der Waals surface area contributed by atoms with E-state index in [1.54, 1.807) is 17.0 Å². The molecule has 0 aliphatic carbocycles. The highest BCUT2D eigenvalue weighted by atomic mass is 16.6. The summed E-state index contributed by atoms with van der Waals surface area (Å²) in [5.74, 6) is 0.329. The van der Waals surface area contributed by atoms with Crippen molar-refractivity contribution < 1.29 is 14.3 Å². The highest BCUT2D eigenvalue weighted by Gasteiger charge is 2.30. The maximum Gasteiger partial charge on any atom is 0.410 e. The lowest BCUT2D eigenvalue weighted by atomic mass is 10.1. The Kier molecular flexibility index (Phi) is 4.50. The number of para-hydroxylation sites is 1. The summed E-state index contributed by atoms with van der Waals surface area (Å²) in [6, 6.07) is 14.9. The van der Waals surface area contributed by atoms with Gasteiger partial charge >= 0.3 is 6.09 Å². The van der Waals surface area contributed by atoms with Crippen molar-refractivity contribution in [2.45, 2.75) is 18.9 Å². The molecule has 2 heterocycles. The number of likely N-dealkylation sites (tertiary alicyclic amines) is 1. The van der Waals surface area contributed by atoms with E-state index in [2.05, 4.69) is 9.97 Å². The quantitative estimate of drug-likeness (QED) is 0.743. The number of hydrogen-bond acceptors (Lipinski definition) is 4. The predicted molar refractivity (Wildman–Crippen MR) is 100 cm³/mol. The monoisotopic (exact) mass is 364 g/mol. The zero-order valence-electron chi connectivity index (χ0n) is 14.7. The second kappa shape index (κ2) is 7.11. The Morgan fingerprint density at radius 1 is 1.19 bits per heavy atom. The number of fused-ring (bicyclic) bond motifs is 1. The molecule has 2 amide bonds. The first kappa shape index (κ1) is 17.1. The van der Waals surface area contributed by atoms with Crippen molar-refractivity contribution in [3.63, 3.8) is 0 Å². The van der Waals surface area contributed by atoms with Gasteiger partial charge in [0.1, 0.15) is 17.9 Å². The first-order valence-electron chi connectivity index (χ1n) is 8.86. The van der Waals surface area contributed by atoms with Crippen LogP contribution in [0.2, 0.25) is 0 Å². The third-order valence-electron chi connectivity index (χ3n) is 4.83. The number of carbonyl (C=O) groups is 2. The minimum Gasteiger partial charge on any atom is -0.445 e. The third-order valence-corrected chi connectivity index (χ3v) is 4.83. The number of amides is 2. The molecular formula is C20H20N4O3. The molecule has 7 nitrogen and oxygen atoms in total. The van der Waals surface area contributed by atoms with Crippen LogP contribution in [0.15, 0.2) is 48.5 Å². The van der Waals surface area contributed by atoms with E-state index in [1.165, 1.54) is 0 Å². The van der Waals surface area contributed by atoms with Crippen LogP contribution >= 0.6 is 0 Å². The van der Waals surface area contributed by atoms with E-state index in [4.69, 9.17) is 10.5 Å². The third kappa shape index (κ3) is 3.48. The molecule has 2 aromatic carbocycles. The van der Waals surface area contributed by atoms with Gasteiger partial charge in [0.25, 0.3) is 5.91 Å². The molecule has 27 heavy (non-hydrogen) atoms. The maximum absolute atomic E-state index is 12.3. The summed E-state index contributed by atoms with van der Waals surface area (Å²) in [6.07, 6.45) is 0.460. The molecule has 0 spiro atoms. The van der Waals surface area contributed by atoms with E-state index >= 15 is 0 Å². The number of nitrogens with one attached hydrogen (secondary N) is 1. The molecule has 7 heteroatoms. The minimum absolute atomic E-state index is 0.0717. The van der Waals surface area contributed by atoms with E-state index < -0.39 is 5.91 Å². The molecule has 3 aromatic rings. The lowest BCUT2D eigenvalue weighted by Gasteiger charge is -2.16. The summed E-state index contributed by atoms with van der Waals surface area (Å²) in [6.45, 7) is 1.39. The predicted octanol–water partition coefficient (Wildman–Crippen LogP) is 2.79. The Labute approximate surface area is 156 Å². The van der Waals surface area contributed by atoms with Gasteiger partial charge in [-0.25, -0.2) is 9.78 Å². The molecule has 3 N–H and O–H groups in total. The molecule has 0 saturated carbocycles. The molecule has 1 fully saturated rings. The zero-order chi connectivity index (χ0) is 18.8. The van der Waals surface area contributed by atoms with Crippen LogP contribution in [0, 0.1) is 0 Å². The number of aromatic amines is 1. The average Bonchev–Trinajstić information content (AvgIpc) is 3.33. The molecule has 1 atom stereocenters. The van der Waals surface area contributed by atoms with Crippen LogP contribution in [0.1, 0.15) is 34.1 Å². The average molecular weight is 364 g/mol. The molecule has 1 aliphatic rings. The van der Waals surface area contributed by atoms with E-state index in [0.29, 0.717) is 24.2 Å². The Balaban J connectivity index is 1.43. The number of carbonyl (C=O) groups excluding carboxylic acids is 2. The van der Waals surface area contributed by atoms with Gasteiger partial charge in [-0.05, 0) is 24.1 Å². The Bertz CT molecular complexity index is 983. The Morgan fingerprint density at radius 2 is 2.00 bits per heavy atom. The van der Waals surface area contributed by atoms with E-state index in [-0.39, 0.29) is 18.6 Å². The van der Waals surface area contributed by atoms with Gasteiger partial charge in [0.2, 0.25) is 0 Å². The van der Waals surface area contributed by atoms with Crippen molar-refractivity contribution in [1.29, 1.82) is 0 Å². The van der Waals surface area contributed by atoms with Crippen LogP contribution in [0.4, 0.5) is 4.79 Å². The molecule has 1 unspecified atom stereocenters. The fourth-order valence-electron chi connectivity index (χ4n) is 3.40. The number of primary amides is 1. The van der Waals surface area contributed by atoms with Crippen molar-refractivity contribution in [3.05, 3.63) is 65.5 Å². The van der Waals surface area contributed by atoms with Gasteiger partial charge in [0.05, 0.1) is 11.1 Å². The number of ether oxygens (including phenoxy) is 1. The summed E-state index contributed by atoms with van der Waals surface area (Å²) in [5, 5.41) is 0. The fourth-order valence-corrected chi connectivity index (χ4v) is 3.40. The first-order chi connectivity index (χ1) is 13.1. The summed E-state index contributed by atoms with van der Waals surface area (Å²) in [7, 11) is 0. The van der Waals surface area contributed by atoms with Gasteiger partial charge in [-0.2, -0.15) is 0 Å². The topological polar surface area (TPSA) is 101 Å². The SMILES string of the molecule is NC(=O)c1cccc2[nH]c(C3CCN(C(=O)OCc4ccccc4)C3)nc12. The number of imidazole rings is 1. The number of nitrogens with two attached hydrogens (primary N) is 1. The van der Waals surface area contributed by atoms with Crippen molar-refractivity contribution in [2.75, 3.05) is 13.1 Å². The standard InChI is InChI=1S/C20H20N4O3/c21-18(25)15-7-4-8-16-17(15)23-19(22-16)14-9-10-24(11-14)20(26)27-12-13-5-2-1-3-6-13/h1-8,14H,9-12H2,(H2,21,25)(H,22,23). The van der Waals surface area contributed by atoms with Crippen molar-refractivity contribution in [2.24, 2.45) is 5.73 Å². The molecule has 1 saturated heterocycles. The number of rotatable bonds is 4. The number of nitrogens with zero attached hydrogens (tertiary/aromatic N) is 2. The van der Waals surface area contributed by atoms with Crippen LogP contribution < -0.4 is 5.73 Å². The van der Waals surface area contributed by atoms with Crippen LogP contribution in [-0.4, -0.2) is 40.0 Å². The highest BCUT2D eigenvalue weighted by Crippen LogP contribution is 2.28. The molecule has 4 rings (SSSR count). The molecule has 1 aliphatic heterocycles. The van der Waals surface area contributed by atoms with Gasteiger partial charge in [0.15, 0.2) is 0 Å². The highest BCUT2D eigenvalue weighted by molar-refractivity contribution is 6.04. The number of H-pyrrole nitrogens is 1. The van der Waals surface area contributed by atoms with Gasteiger partial charge in [0, 0.05) is 19.0 Å². The van der Waals surface area contributed by atoms with Crippen molar-refractivity contribution >= 4 is 23.0 Å². The second-order valence-electron chi connectivity index (χ2n) is 6.66. The number of benzene rings is 2. The Hall–Kier alpha value is -3.35. The summed E-state index contributed by atoms with van der Waals surface area (Å²) in [4.78, 5) is 33.4. The lowest BCUT2D eigenvalue weighted by molar-refractivity contribution is 0.100. The second-order valence-corrected chi connectivity index (χ2v) is 6.66. The van der Waals surface area contributed by atoms with Crippen LogP contribution in [0.25, 0.3) is 11.0 Å². The molecule has 0 bridgehead atoms. The number of hydrogen-bond donors (Lipinski definition) is 2. The van der Waals surface area contributed by atoms with Crippen molar-refractivity contribution in [3.8, 4) is 0 Å². The summed E-state index contributed by atoms with van der Waals surface area (Å²) >= 11 is 0. The van der Waals surface area contributed by atoms with Gasteiger partial charge in [-0.15, -0.1) is 0 Å². The fraction of sp³-hybridized carbons (Fsp3) is 0.250. The molecule has 1 aromatic heterocycles.